The molecule has 1 heterocycles. The van der Waals surface area contributed by atoms with Crippen molar-refractivity contribution >= 4 is 5.69 Å². The third-order valence-electron chi connectivity index (χ3n) is 2.89. The lowest BCUT2D eigenvalue weighted by atomic mass is 10.2. The van der Waals surface area contributed by atoms with Crippen LogP contribution in [0.15, 0.2) is 24.3 Å². The van der Waals surface area contributed by atoms with Gasteiger partial charge in [0, 0.05) is 12.1 Å². The number of benzene rings is 1. The van der Waals surface area contributed by atoms with Crippen molar-refractivity contribution in [2.45, 2.75) is 26.3 Å². The van der Waals surface area contributed by atoms with Gasteiger partial charge in [0.05, 0.1) is 16.7 Å². The zero-order chi connectivity index (χ0) is 14.5. The lowest BCUT2D eigenvalue weighted by Gasteiger charge is -2.12. The highest BCUT2D eigenvalue weighted by atomic mass is 16.6. The first-order chi connectivity index (χ1) is 9.63. The summed E-state index contributed by atoms with van der Waals surface area (Å²) in [7, 11) is 0. The molecule has 0 bridgehead atoms. The molecule has 20 heavy (non-hydrogen) atoms. The molecule has 0 aliphatic heterocycles. The number of nitro groups is 1. The molecule has 1 atom stereocenters. The summed E-state index contributed by atoms with van der Waals surface area (Å²) >= 11 is 0. The molecule has 0 saturated carbocycles. The molecule has 0 aliphatic carbocycles. The van der Waals surface area contributed by atoms with E-state index in [2.05, 4.69) is 27.8 Å². The average molecular weight is 276 g/mol. The second-order valence-corrected chi connectivity index (χ2v) is 4.40. The van der Waals surface area contributed by atoms with Crippen molar-refractivity contribution in [3.8, 4) is 5.69 Å². The zero-order valence-corrected chi connectivity index (χ0v) is 11.4. The molecule has 0 aliphatic rings. The minimum absolute atomic E-state index is 0.000131. The van der Waals surface area contributed by atoms with Crippen LogP contribution in [0.1, 0.15) is 32.1 Å². The maximum absolute atomic E-state index is 10.6. The van der Waals surface area contributed by atoms with E-state index in [1.165, 1.54) is 12.1 Å². The summed E-state index contributed by atoms with van der Waals surface area (Å²) in [6.45, 7) is 4.93. The number of nitro benzene ring substituents is 1. The Morgan fingerprint density at radius 3 is 2.70 bits per heavy atom. The van der Waals surface area contributed by atoms with E-state index in [0.29, 0.717) is 11.5 Å². The van der Waals surface area contributed by atoms with Crippen molar-refractivity contribution in [2.75, 3.05) is 6.54 Å². The Labute approximate surface area is 115 Å². The van der Waals surface area contributed by atoms with E-state index in [0.717, 1.165) is 13.0 Å². The second-order valence-electron chi connectivity index (χ2n) is 4.40. The zero-order valence-electron chi connectivity index (χ0n) is 11.4. The van der Waals surface area contributed by atoms with Crippen LogP contribution in [0.25, 0.3) is 5.69 Å². The Kier molecular flexibility index (Phi) is 4.36. The number of rotatable bonds is 6. The predicted molar refractivity (Wildman–Crippen MR) is 72.5 cm³/mol. The van der Waals surface area contributed by atoms with Crippen molar-refractivity contribution in [3.63, 3.8) is 0 Å². The Balaban J connectivity index is 2.25. The van der Waals surface area contributed by atoms with Gasteiger partial charge in [-0.05, 0) is 42.4 Å². The average Bonchev–Trinajstić information content (AvgIpc) is 2.94. The van der Waals surface area contributed by atoms with Crippen molar-refractivity contribution < 1.29 is 4.92 Å². The molecular formula is C12H16N6O2. The van der Waals surface area contributed by atoms with Crippen LogP contribution in [0.4, 0.5) is 5.69 Å². The minimum atomic E-state index is -0.435. The highest BCUT2D eigenvalue weighted by Gasteiger charge is 2.15. The number of hydrogen-bond acceptors (Lipinski definition) is 6. The lowest BCUT2D eigenvalue weighted by molar-refractivity contribution is -0.384. The first-order valence-corrected chi connectivity index (χ1v) is 6.40. The molecule has 8 nitrogen and oxygen atoms in total. The fraction of sp³-hybridized carbons (Fsp3) is 0.417. The number of non-ortho nitro benzene ring substituents is 1. The molecule has 0 saturated heterocycles. The standard InChI is InChI=1S/C12H16N6O2/c1-3-8-13-9(2)12-14-15-16-17(12)10-4-6-11(7-5-10)18(19)20/h4-7,9,13H,3,8H2,1-2H3. The molecule has 1 aromatic carbocycles. The maximum Gasteiger partial charge on any atom is 0.269 e. The summed E-state index contributed by atoms with van der Waals surface area (Å²) < 4.78 is 1.58. The van der Waals surface area contributed by atoms with Crippen LogP contribution < -0.4 is 5.32 Å². The van der Waals surface area contributed by atoms with Gasteiger partial charge in [0.2, 0.25) is 0 Å². The molecule has 0 amide bonds. The first-order valence-electron chi connectivity index (χ1n) is 6.40. The summed E-state index contributed by atoms with van der Waals surface area (Å²) in [6, 6.07) is 6.13. The summed E-state index contributed by atoms with van der Waals surface area (Å²) in [4.78, 5) is 10.2. The smallest absolute Gasteiger partial charge is 0.269 e. The van der Waals surface area contributed by atoms with Crippen LogP contribution in [0.2, 0.25) is 0 Å². The van der Waals surface area contributed by atoms with Gasteiger partial charge in [-0.15, -0.1) is 5.10 Å². The molecule has 1 N–H and O–H groups in total. The van der Waals surface area contributed by atoms with Crippen LogP contribution in [-0.4, -0.2) is 31.7 Å². The van der Waals surface area contributed by atoms with E-state index in [1.54, 1.807) is 16.8 Å². The number of nitrogens with zero attached hydrogens (tertiary/aromatic N) is 5. The van der Waals surface area contributed by atoms with Gasteiger partial charge >= 0.3 is 0 Å². The Hall–Kier alpha value is -2.35. The fourth-order valence-electron chi connectivity index (χ4n) is 1.82. The Morgan fingerprint density at radius 2 is 2.10 bits per heavy atom. The predicted octanol–water partition coefficient (Wildman–Crippen LogP) is 1.63. The largest absolute Gasteiger partial charge is 0.307 e. The molecule has 8 heteroatoms. The van der Waals surface area contributed by atoms with Crippen LogP contribution in [0.3, 0.4) is 0 Å². The molecule has 0 spiro atoms. The van der Waals surface area contributed by atoms with Crippen LogP contribution in [0.5, 0.6) is 0 Å². The van der Waals surface area contributed by atoms with Gasteiger partial charge in [-0.25, -0.2) is 0 Å². The number of tetrazole rings is 1. The number of aromatic nitrogens is 4. The summed E-state index contributed by atoms with van der Waals surface area (Å²) in [5, 5.41) is 25.6. The Bertz CT molecular complexity index is 580. The van der Waals surface area contributed by atoms with Gasteiger partial charge in [0.15, 0.2) is 5.82 Å². The normalized spacial score (nSPS) is 12.3. The van der Waals surface area contributed by atoms with E-state index in [4.69, 9.17) is 0 Å². The number of nitrogens with one attached hydrogen (secondary N) is 1. The fourth-order valence-corrected chi connectivity index (χ4v) is 1.82. The van der Waals surface area contributed by atoms with Crippen molar-refractivity contribution in [1.82, 2.24) is 25.5 Å². The first kappa shape index (κ1) is 14.1. The minimum Gasteiger partial charge on any atom is -0.307 e. The molecule has 1 unspecified atom stereocenters. The van der Waals surface area contributed by atoms with E-state index < -0.39 is 4.92 Å². The molecule has 1 aromatic heterocycles. The maximum atomic E-state index is 10.6. The summed E-state index contributed by atoms with van der Waals surface area (Å²) in [5.74, 6) is 0.673. The molecule has 106 valence electrons. The van der Waals surface area contributed by atoms with Gasteiger partial charge in [-0.2, -0.15) is 4.68 Å². The van der Waals surface area contributed by atoms with E-state index >= 15 is 0 Å². The van der Waals surface area contributed by atoms with Crippen LogP contribution in [0, 0.1) is 10.1 Å². The third kappa shape index (κ3) is 2.97. The molecule has 0 fully saturated rings. The quantitative estimate of drug-likeness (QED) is 0.636. The van der Waals surface area contributed by atoms with Crippen LogP contribution in [-0.2, 0) is 0 Å². The third-order valence-corrected chi connectivity index (χ3v) is 2.89. The highest BCUT2D eigenvalue weighted by Crippen LogP contribution is 2.17. The SMILES string of the molecule is CCCNC(C)c1nnnn1-c1ccc([N+](=O)[O-])cc1. The van der Waals surface area contributed by atoms with Gasteiger partial charge in [-0.1, -0.05) is 6.92 Å². The monoisotopic (exact) mass is 276 g/mol. The van der Waals surface area contributed by atoms with Gasteiger partial charge in [0.25, 0.3) is 5.69 Å². The van der Waals surface area contributed by atoms with E-state index in [9.17, 15) is 10.1 Å². The molecule has 0 radical (unpaired) electrons. The van der Waals surface area contributed by atoms with Crippen molar-refractivity contribution in [3.05, 3.63) is 40.2 Å². The van der Waals surface area contributed by atoms with Crippen molar-refractivity contribution in [2.24, 2.45) is 0 Å². The molecular weight excluding hydrogens is 260 g/mol. The lowest BCUT2D eigenvalue weighted by Crippen LogP contribution is -2.22. The van der Waals surface area contributed by atoms with E-state index in [1.807, 2.05) is 6.92 Å². The summed E-state index contributed by atoms with van der Waals surface area (Å²) in [6.07, 6.45) is 1.02. The van der Waals surface area contributed by atoms with E-state index in [-0.39, 0.29) is 11.7 Å². The van der Waals surface area contributed by atoms with Crippen LogP contribution >= 0.6 is 0 Å². The van der Waals surface area contributed by atoms with Gasteiger partial charge < -0.3 is 5.32 Å². The second kappa shape index (κ2) is 6.20. The summed E-state index contributed by atoms with van der Waals surface area (Å²) in [5.41, 5.74) is 0.737. The van der Waals surface area contributed by atoms with Gasteiger partial charge in [0.1, 0.15) is 0 Å². The Morgan fingerprint density at radius 1 is 1.40 bits per heavy atom. The molecule has 2 rings (SSSR count). The number of hydrogen-bond donors (Lipinski definition) is 1. The topological polar surface area (TPSA) is 98.8 Å². The van der Waals surface area contributed by atoms with Gasteiger partial charge in [-0.3, -0.25) is 10.1 Å². The van der Waals surface area contributed by atoms with Crippen molar-refractivity contribution in [1.29, 1.82) is 0 Å². The molecule has 2 aromatic rings. The highest BCUT2D eigenvalue weighted by molar-refractivity contribution is 5.40.